The van der Waals surface area contributed by atoms with Gasteiger partial charge in [-0.2, -0.15) is 13.1 Å². The van der Waals surface area contributed by atoms with Crippen LogP contribution in [0.1, 0.15) is 16.6 Å². The first-order chi connectivity index (χ1) is 20.5. The summed E-state index contributed by atoms with van der Waals surface area (Å²) in [7, 11) is -7.77. The largest absolute Gasteiger partial charge is 0.285 e. The molecule has 6 rings (SSSR count). The van der Waals surface area contributed by atoms with Crippen molar-refractivity contribution in [2.24, 2.45) is 0 Å². The van der Waals surface area contributed by atoms with Crippen LogP contribution in [0.4, 0.5) is 0 Å². The van der Waals surface area contributed by atoms with Crippen LogP contribution in [0.25, 0.3) is 11.4 Å². The average molecular weight is 592 g/mol. The Kier molecular flexibility index (Phi) is 7.76. The van der Waals surface area contributed by atoms with E-state index in [1.54, 1.807) is 28.9 Å². The molecule has 9 heteroatoms. The van der Waals surface area contributed by atoms with E-state index < -0.39 is 28.4 Å². The summed E-state index contributed by atoms with van der Waals surface area (Å²) >= 11 is 0. The van der Waals surface area contributed by atoms with Gasteiger partial charge in [0.05, 0.1) is 0 Å². The molecule has 0 unspecified atom stereocenters. The SMILES string of the molecule is O=S(=O)(O)[C@@H](c1ccccc1)[C@@H](n1nnnc1-c1ccccc1)[P+](c1ccccc1)(c1ccccc1)c1ccccc1. The summed E-state index contributed by atoms with van der Waals surface area (Å²) in [6.45, 7) is 0. The Morgan fingerprint density at radius 3 is 1.43 bits per heavy atom. The quantitative estimate of drug-likeness (QED) is 0.177. The molecule has 0 radical (unpaired) electrons. The molecule has 1 aromatic heterocycles. The van der Waals surface area contributed by atoms with E-state index in [1.807, 2.05) is 127 Å². The van der Waals surface area contributed by atoms with Crippen LogP contribution in [0, 0.1) is 0 Å². The van der Waals surface area contributed by atoms with Crippen molar-refractivity contribution >= 4 is 33.3 Å². The van der Waals surface area contributed by atoms with Crippen LogP contribution >= 0.6 is 7.26 Å². The summed E-state index contributed by atoms with van der Waals surface area (Å²) in [5.41, 5.74) is 1.16. The van der Waals surface area contributed by atoms with Gasteiger partial charge in [-0.3, -0.25) is 4.55 Å². The van der Waals surface area contributed by atoms with Crippen molar-refractivity contribution in [3.63, 3.8) is 0 Å². The number of tetrazole rings is 1. The summed E-state index contributed by atoms with van der Waals surface area (Å²) in [5, 5.41) is 14.3. The van der Waals surface area contributed by atoms with E-state index in [0.717, 1.165) is 21.5 Å². The van der Waals surface area contributed by atoms with E-state index in [4.69, 9.17) is 0 Å². The summed E-state index contributed by atoms with van der Waals surface area (Å²) in [6, 6.07) is 48.0. The zero-order valence-corrected chi connectivity index (χ0v) is 24.2. The van der Waals surface area contributed by atoms with Crippen LogP contribution in [0.5, 0.6) is 0 Å². The molecule has 42 heavy (non-hydrogen) atoms. The third kappa shape index (κ3) is 5.05. The average Bonchev–Trinajstić information content (AvgIpc) is 3.52. The highest BCUT2D eigenvalue weighted by atomic mass is 32.2. The van der Waals surface area contributed by atoms with Gasteiger partial charge in [-0.25, -0.2) is 0 Å². The first-order valence-electron chi connectivity index (χ1n) is 13.4. The minimum atomic E-state index is -4.74. The van der Waals surface area contributed by atoms with E-state index in [1.165, 1.54) is 0 Å². The lowest BCUT2D eigenvalue weighted by molar-refractivity contribution is 0.445. The molecule has 208 valence electrons. The third-order valence-electron chi connectivity index (χ3n) is 7.38. The molecule has 0 aliphatic heterocycles. The van der Waals surface area contributed by atoms with Crippen molar-refractivity contribution in [3.05, 3.63) is 157 Å². The molecule has 0 saturated heterocycles. The van der Waals surface area contributed by atoms with Crippen LogP contribution in [0.3, 0.4) is 0 Å². The van der Waals surface area contributed by atoms with E-state index in [0.29, 0.717) is 11.4 Å². The molecule has 0 amide bonds. The lowest BCUT2D eigenvalue weighted by Gasteiger charge is -2.37. The molecular formula is C33H28N4O3PS+. The van der Waals surface area contributed by atoms with Gasteiger partial charge < -0.3 is 0 Å². The standard InChI is InChI=1S/C33H27N4O3PS/c38-42(39,40)31(26-16-6-1-7-17-26)33(37-32(34-35-36-37)27-18-8-2-9-19-27)41(28-20-10-3-11-21-28,29-22-12-4-13-23-29)30-24-14-5-15-25-30/h1-25,31,33H/p+1/t31-,33-/m0/s1. The van der Waals surface area contributed by atoms with Crippen molar-refractivity contribution < 1.29 is 13.0 Å². The highest BCUT2D eigenvalue weighted by Crippen LogP contribution is 2.69. The van der Waals surface area contributed by atoms with Crippen LogP contribution in [0.15, 0.2) is 152 Å². The van der Waals surface area contributed by atoms with Gasteiger partial charge in [0.1, 0.15) is 23.2 Å². The van der Waals surface area contributed by atoms with Crippen LogP contribution in [0.2, 0.25) is 0 Å². The van der Waals surface area contributed by atoms with Crippen molar-refractivity contribution in [1.82, 2.24) is 20.2 Å². The molecule has 1 heterocycles. The predicted octanol–water partition coefficient (Wildman–Crippen LogP) is 5.46. The minimum Gasteiger partial charge on any atom is -0.285 e. The zero-order valence-electron chi connectivity index (χ0n) is 22.5. The number of benzene rings is 5. The molecule has 0 aliphatic rings. The van der Waals surface area contributed by atoms with Crippen molar-refractivity contribution in [2.45, 2.75) is 11.0 Å². The molecule has 7 nitrogen and oxygen atoms in total. The van der Waals surface area contributed by atoms with E-state index in [2.05, 4.69) is 15.5 Å². The van der Waals surface area contributed by atoms with E-state index >= 15 is 0 Å². The van der Waals surface area contributed by atoms with Crippen LogP contribution in [-0.4, -0.2) is 33.2 Å². The highest BCUT2D eigenvalue weighted by Gasteiger charge is 2.61. The van der Waals surface area contributed by atoms with Gasteiger partial charge >= 0.3 is 0 Å². The summed E-state index contributed by atoms with van der Waals surface area (Å²) < 4.78 is 40.3. The number of aromatic nitrogens is 4. The molecule has 0 saturated carbocycles. The number of hydrogen-bond donors (Lipinski definition) is 1. The van der Waals surface area contributed by atoms with Gasteiger partial charge in [-0.1, -0.05) is 115 Å². The van der Waals surface area contributed by atoms with Crippen LogP contribution in [-0.2, 0) is 10.1 Å². The van der Waals surface area contributed by atoms with Gasteiger partial charge in [0.25, 0.3) is 10.1 Å². The van der Waals surface area contributed by atoms with Crippen LogP contribution < -0.4 is 15.9 Å². The lowest BCUT2D eigenvalue weighted by Crippen LogP contribution is -2.41. The third-order valence-corrected chi connectivity index (χ3v) is 13.4. The Labute approximate surface area is 245 Å². The van der Waals surface area contributed by atoms with Gasteiger partial charge in [0.2, 0.25) is 5.78 Å². The minimum absolute atomic E-state index is 0.400. The molecule has 0 spiro atoms. The van der Waals surface area contributed by atoms with Gasteiger partial charge in [-0.05, 0) is 52.4 Å². The molecular weight excluding hydrogens is 563 g/mol. The second-order valence-electron chi connectivity index (χ2n) is 9.80. The van der Waals surface area contributed by atoms with Gasteiger partial charge in [-0.15, -0.1) is 5.10 Å². The van der Waals surface area contributed by atoms with Crippen molar-refractivity contribution in [2.75, 3.05) is 0 Å². The second-order valence-corrected chi connectivity index (χ2v) is 14.9. The van der Waals surface area contributed by atoms with E-state index in [-0.39, 0.29) is 0 Å². The van der Waals surface area contributed by atoms with E-state index in [9.17, 15) is 13.0 Å². The number of hydrogen-bond acceptors (Lipinski definition) is 5. The van der Waals surface area contributed by atoms with Gasteiger partial charge in [0.15, 0.2) is 11.1 Å². The second kappa shape index (κ2) is 11.8. The maximum absolute atomic E-state index is 13.7. The van der Waals surface area contributed by atoms with Crippen molar-refractivity contribution in [1.29, 1.82) is 0 Å². The fraction of sp³-hybridized carbons (Fsp3) is 0.0606. The molecule has 2 atom stereocenters. The first kappa shape index (κ1) is 27.7. The maximum atomic E-state index is 13.7. The van der Waals surface area contributed by atoms with Crippen molar-refractivity contribution in [3.8, 4) is 11.4 Å². The predicted molar refractivity (Wildman–Crippen MR) is 168 cm³/mol. The Morgan fingerprint density at radius 1 is 0.595 bits per heavy atom. The Balaban J connectivity index is 1.82. The maximum Gasteiger partial charge on any atom is 0.278 e. The Bertz CT molecular complexity index is 1760. The first-order valence-corrected chi connectivity index (χ1v) is 16.8. The zero-order chi connectivity index (χ0) is 29.0. The Morgan fingerprint density at radius 2 is 1.00 bits per heavy atom. The molecule has 0 fully saturated rings. The molecule has 0 bridgehead atoms. The summed E-state index contributed by atoms with van der Waals surface area (Å²) in [6.07, 6.45) is 0. The summed E-state index contributed by atoms with van der Waals surface area (Å²) in [4.78, 5) is 0. The summed E-state index contributed by atoms with van der Waals surface area (Å²) in [5.74, 6) is -0.579. The smallest absolute Gasteiger partial charge is 0.278 e. The normalized spacial score (nSPS) is 13.4. The molecule has 6 aromatic rings. The lowest BCUT2D eigenvalue weighted by atomic mass is 10.1. The monoisotopic (exact) mass is 591 g/mol. The fourth-order valence-corrected chi connectivity index (χ4v) is 12.4. The highest BCUT2D eigenvalue weighted by molar-refractivity contribution is 7.97. The Hall–Kier alpha value is -4.49. The molecule has 5 aromatic carbocycles. The fourth-order valence-electron chi connectivity index (χ4n) is 5.68. The number of nitrogens with zero attached hydrogens (tertiary/aromatic N) is 4. The number of rotatable bonds is 9. The molecule has 1 N–H and O–H groups in total. The molecule has 0 aliphatic carbocycles. The topological polar surface area (TPSA) is 98.0 Å². The van der Waals surface area contributed by atoms with Gasteiger partial charge in [0, 0.05) is 5.56 Å².